The minimum absolute atomic E-state index is 1.00. The van der Waals surface area contributed by atoms with Crippen molar-refractivity contribution >= 4 is 0 Å². The maximum absolute atomic E-state index is 4.32. The minimum Gasteiger partial charge on any atom is -0.277 e. The second kappa shape index (κ2) is 10.7. The summed E-state index contributed by atoms with van der Waals surface area (Å²) in [7, 11) is 0. The molecule has 0 aromatic rings. The molecule has 0 aromatic carbocycles. The van der Waals surface area contributed by atoms with Gasteiger partial charge in [0.1, 0.15) is 0 Å². The number of nitrogens with zero attached hydrogens (tertiary/aromatic N) is 4. The Bertz CT molecular complexity index is 140. The van der Waals surface area contributed by atoms with Gasteiger partial charge in [0, 0.05) is 26.2 Å². The summed E-state index contributed by atoms with van der Waals surface area (Å²) in [6.07, 6.45) is 4.50. The molecule has 0 saturated heterocycles. The molecule has 0 N–H and O–H groups in total. The van der Waals surface area contributed by atoms with E-state index in [2.05, 4.69) is 48.2 Å². The van der Waals surface area contributed by atoms with Gasteiger partial charge in [-0.2, -0.15) is 0 Å². The lowest BCUT2D eigenvalue weighted by molar-refractivity contribution is 0.196. The van der Waals surface area contributed by atoms with Crippen LogP contribution >= 0.6 is 0 Å². The standard InChI is InChI=1S/C12H28N4/c1-5-9-15(10-6-2)13-14-16(11-7-3)12-8-4/h5-12H2,1-4H3/b14-13+. The van der Waals surface area contributed by atoms with Crippen LogP contribution in [0.4, 0.5) is 0 Å². The molecule has 0 spiro atoms. The first-order valence-corrected chi connectivity index (χ1v) is 6.69. The molecular weight excluding hydrogens is 200 g/mol. The van der Waals surface area contributed by atoms with Crippen LogP contribution in [0.25, 0.3) is 0 Å². The average Bonchev–Trinajstić information content (AvgIpc) is 2.27. The van der Waals surface area contributed by atoms with Crippen LogP contribution in [0.3, 0.4) is 0 Å². The van der Waals surface area contributed by atoms with Crippen LogP contribution in [0.1, 0.15) is 53.4 Å². The van der Waals surface area contributed by atoms with Gasteiger partial charge < -0.3 is 0 Å². The van der Waals surface area contributed by atoms with Crippen LogP contribution in [0.5, 0.6) is 0 Å². The Hall–Kier alpha value is -0.800. The second-order valence-corrected chi connectivity index (χ2v) is 4.09. The van der Waals surface area contributed by atoms with E-state index in [9.17, 15) is 0 Å². The highest BCUT2D eigenvalue weighted by Crippen LogP contribution is 2.00. The first-order valence-electron chi connectivity index (χ1n) is 6.69. The Labute approximate surface area is 101 Å². The minimum atomic E-state index is 1.00. The quantitative estimate of drug-likeness (QED) is 0.423. The van der Waals surface area contributed by atoms with Gasteiger partial charge >= 0.3 is 0 Å². The molecule has 0 aliphatic rings. The van der Waals surface area contributed by atoms with Gasteiger partial charge in [-0.25, -0.2) is 0 Å². The summed E-state index contributed by atoms with van der Waals surface area (Å²) in [5, 5.41) is 12.8. The molecule has 0 atom stereocenters. The van der Waals surface area contributed by atoms with Crippen molar-refractivity contribution in [3.63, 3.8) is 0 Å². The van der Waals surface area contributed by atoms with E-state index in [-0.39, 0.29) is 0 Å². The van der Waals surface area contributed by atoms with Crippen LogP contribution in [0.2, 0.25) is 0 Å². The Balaban J connectivity index is 4.12. The summed E-state index contributed by atoms with van der Waals surface area (Å²) >= 11 is 0. The van der Waals surface area contributed by atoms with Crippen molar-refractivity contribution in [2.75, 3.05) is 26.2 Å². The fourth-order valence-corrected chi connectivity index (χ4v) is 1.55. The smallest absolute Gasteiger partial charge is 0.0375 e. The molecule has 0 bridgehead atoms. The van der Waals surface area contributed by atoms with Crippen LogP contribution in [0, 0.1) is 0 Å². The topological polar surface area (TPSA) is 31.2 Å². The number of rotatable bonds is 10. The van der Waals surface area contributed by atoms with E-state index in [0.717, 1.165) is 51.9 Å². The van der Waals surface area contributed by atoms with Gasteiger partial charge in [0.05, 0.1) is 0 Å². The van der Waals surface area contributed by atoms with Crippen molar-refractivity contribution in [2.24, 2.45) is 10.4 Å². The highest BCUT2D eigenvalue weighted by molar-refractivity contribution is 4.49. The van der Waals surface area contributed by atoms with E-state index in [1.807, 2.05) is 0 Å². The van der Waals surface area contributed by atoms with Crippen LogP contribution in [0.15, 0.2) is 10.4 Å². The van der Waals surface area contributed by atoms with Gasteiger partial charge in [-0.05, 0) is 25.7 Å². The lowest BCUT2D eigenvalue weighted by Crippen LogP contribution is -2.23. The zero-order valence-corrected chi connectivity index (χ0v) is 11.4. The molecule has 0 fully saturated rings. The van der Waals surface area contributed by atoms with Crippen molar-refractivity contribution in [1.82, 2.24) is 10.0 Å². The number of hydrogen-bond acceptors (Lipinski definition) is 2. The molecule has 4 nitrogen and oxygen atoms in total. The molecule has 16 heavy (non-hydrogen) atoms. The first kappa shape index (κ1) is 15.2. The van der Waals surface area contributed by atoms with Gasteiger partial charge in [-0.3, -0.25) is 10.0 Å². The second-order valence-electron chi connectivity index (χ2n) is 4.09. The van der Waals surface area contributed by atoms with Crippen molar-refractivity contribution in [3.8, 4) is 0 Å². The zero-order chi connectivity index (χ0) is 12.2. The summed E-state index contributed by atoms with van der Waals surface area (Å²) in [6, 6.07) is 0. The highest BCUT2D eigenvalue weighted by Gasteiger charge is 2.01. The predicted octanol–water partition coefficient (Wildman–Crippen LogP) is 3.51. The molecule has 0 aromatic heterocycles. The fourth-order valence-electron chi connectivity index (χ4n) is 1.55. The van der Waals surface area contributed by atoms with Crippen molar-refractivity contribution in [2.45, 2.75) is 53.4 Å². The lowest BCUT2D eigenvalue weighted by Gasteiger charge is -2.19. The highest BCUT2D eigenvalue weighted by atomic mass is 15.7. The Morgan fingerprint density at radius 2 is 0.812 bits per heavy atom. The summed E-state index contributed by atoms with van der Waals surface area (Å²) < 4.78 is 0. The summed E-state index contributed by atoms with van der Waals surface area (Å²) in [6.45, 7) is 12.7. The molecule has 0 aliphatic heterocycles. The Morgan fingerprint density at radius 3 is 1.00 bits per heavy atom. The molecule has 0 unspecified atom stereocenters. The van der Waals surface area contributed by atoms with Gasteiger partial charge in [0.25, 0.3) is 0 Å². The molecule has 0 amide bonds. The lowest BCUT2D eigenvalue weighted by atomic mass is 10.4. The molecule has 0 aliphatic carbocycles. The zero-order valence-electron chi connectivity index (χ0n) is 11.4. The molecule has 96 valence electrons. The third-order valence-corrected chi connectivity index (χ3v) is 2.22. The average molecular weight is 228 g/mol. The maximum Gasteiger partial charge on any atom is 0.0375 e. The summed E-state index contributed by atoms with van der Waals surface area (Å²) in [4.78, 5) is 0. The van der Waals surface area contributed by atoms with E-state index >= 15 is 0 Å². The van der Waals surface area contributed by atoms with Crippen molar-refractivity contribution in [3.05, 3.63) is 0 Å². The van der Waals surface area contributed by atoms with Crippen molar-refractivity contribution < 1.29 is 0 Å². The molecule has 4 heteroatoms. The maximum atomic E-state index is 4.32. The van der Waals surface area contributed by atoms with Gasteiger partial charge in [-0.15, -0.1) is 0 Å². The predicted molar refractivity (Wildman–Crippen MR) is 69.2 cm³/mol. The van der Waals surface area contributed by atoms with Crippen LogP contribution in [-0.2, 0) is 0 Å². The SMILES string of the molecule is CCCN(CCC)/N=N/N(CCC)CCC. The third-order valence-electron chi connectivity index (χ3n) is 2.22. The Morgan fingerprint density at radius 1 is 0.562 bits per heavy atom. The molecule has 0 heterocycles. The van der Waals surface area contributed by atoms with Crippen LogP contribution < -0.4 is 0 Å². The van der Waals surface area contributed by atoms with E-state index in [4.69, 9.17) is 0 Å². The van der Waals surface area contributed by atoms with Gasteiger partial charge in [-0.1, -0.05) is 38.1 Å². The largest absolute Gasteiger partial charge is 0.277 e. The van der Waals surface area contributed by atoms with Crippen molar-refractivity contribution in [1.29, 1.82) is 0 Å². The molecule has 0 saturated carbocycles. The summed E-state index contributed by atoms with van der Waals surface area (Å²) in [5.41, 5.74) is 0. The van der Waals surface area contributed by atoms with Gasteiger partial charge in [0.2, 0.25) is 0 Å². The van der Waals surface area contributed by atoms with Gasteiger partial charge in [0.15, 0.2) is 0 Å². The van der Waals surface area contributed by atoms with E-state index in [1.165, 1.54) is 0 Å². The molecule has 0 rings (SSSR count). The summed E-state index contributed by atoms with van der Waals surface area (Å²) in [5.74, 6) is 0. The van der Waals surface area contributed by atoms with Crippen LogP contribution in [-0.4, -0.2) is 36.2 Å². The monoisotopic (exact) mass is 228 g/mol. The fraction of sp³-hybridized carbons (Fsp3) is 1.00. The molecular formula is C12H28N4. The molecule has 0 radical (unpaired) electrons. The van der Waals surface area contributed by atoms with E-state index in [1.54, 1.807) is 0 Å². The normalized spacial score (nSPS) is 11.0. The van der Waals surface area contributed by atoms with E-state index < -0.39 is 0 Å². The Kier molecular flexibility index (Phi) is 10.2. The third kappa shape index (κ3) is 7.49. The first-order chi connectivity index (χ1) is 7.78. The number of hydrogen-bond donors (Lipinski definition) is 0. The van der Waals surface area contributed by atoms with E-state index in [0.29, 0.717) is 0 Å².